The number of methoxy groups -OCH3 is 1. The molecule has 0 spiro atoms. The van der Waals surface area contributed by atoms with Crippen molar-refractivity contribution in [2.24, 2.45) is 0 Å². The lowest BCUT2D eigenvalue weighted by Crippen LogP contribution is -2.54. The number of carbonyl (C=O) groups excluding carboxylic acids is 1. The summed E-state index contributed by atoms with van der Waals surface area (Å²) >= 11 is 0. The molecule has 0 aliphatic heterocycles. The van der Waals surface area contributed by atoms with Gasteiger partial charge in [0, 0.05) is 19.2 Å². The summed E-state index contributed by atoms with van der Waals surface area (Å²) in [5, 5.41) is 3.25. The van der Waals surface area contributed by atoms with Gasteiger partial charge in [-0.1, -0.05) is 13.8 Å². The van der Waals surface area contributed by atoms with E-state index in [1.54, 1.807) is 0 Å². The lowest BCUT2D eigenvalue weighted by molar-refractivity contribution is -0.148. The van der Waals surface area contributed by atoms with Crippen LogP contribution >= 0.6 is 0 Å². The minimum atomic E-state index is -0.637. The first kappa shape index (κ1) is 19.4. The molecule has 120 valence electrons. The van der Waals surface area contributed by atoms with Crippen molar-refractivity contribution in [3.05, 3.63) is 0 Å². The smallest absolute Gasteiger partial charge is 0.325 e. The Morgan fingerprint density at radius 2 is 2.00 bits per heavy atom. The van der Waals surface area contributed by atoms with Gasteiger partial charge in [-0.25, -0.2) is 0 Å². The molecular formula is C15H32N2O3. The number of nitrogens with zero attached hydrogens (tertiary/aromatic N) is 1. The summed E-state index contributed by atoms with van der Waals surface area (Å²) in [6.45, 7) is 14.2. The monoisotopic (exact) mass is 288 g/mol. The van der Waals surface area contributed by atoms with E-state index in [1.165, 1.54) is 7.11 Å². The second-order valence-corrected chi connectivity index (χ2v) is 5.23. The zero-order chi connectivity index (χ0) is 15.6. The van der Waals surface area contributed by atoms with Gasteiger partial charge in [-0.05, 0) is 40.3 Å². The summed E-state index contributed by atoms with van der Waals surface area (Å²) in [7, 11) is 1.44. The second kappa shape index (κ2) is 10.1. The van der Waals surface area contributed by atoms with Gasteiger partial charge in [-0.15, -0.1) is 0 Å². The molecule has 0 radical (unpaired) electrons. The molecule has 0 saturated heterocycles. The molecular weight excluding hydrogens is 256 g/mol. The van der Waals surface area contributed by atoms with E-state index in [0.29, 0.717) is 6.42 Å². The van der Waals surface area contributed by atoms with E-state index in [4.69, 9.17) is 9.47 Å². The first-order valence-corrected chi connectivity index (χ1v) is 7.60. The van der Waals surface area contributed by atoms with Gasteiger partial charge in [0.1, 0.15) is 5.54 Å². The minimum absolute atomic E-state index is 0.202. The van der Waals surface area contributed by atoms with Crippen molar-refractivity contribution in [1.29, 1.82) is 0 Å². The molecule has 0 aromatic carbocycles. The molecule has 0 aromatic heterocycles. The highest BCUT2D eigenvalue weighted by Crippen LogP contribution is 2.18. The molecule has 20 heavy (non-hydrogen) atoms. The first-order valence-electron chi connectivity index (χ1n) is 7.60. The Labute approximate surface area is 124 Å². The number of nitrogens with one attached hydrogen (secondary N) is 1. The summed E-state index contributed by atoms with van der Waals surface area (Å²) in [5.41, 5.74) is -0.637. The minimum Gasteiger partial charge on any atom is -0.468 e. The highest BCUT2D eigenvalue weighted by atomic mass is 16.5. The Bertz CT molecular complexity index is 274. The van der Waals surface area contributed by atoms with Crippen LogP contribution in [0.1, 0.15) is 41.0 Å². The van der Waals surface area contributed by atoms with Gasteiger partial charge >= 0.3 is 5.97 Å². The van der Waals surface area contributed by atoms with Gasteiger partial charge in [0.2, 0.25) is 0 Å². The normalized spacial score (nSPS) is 15.9. The van der Waals surface area contributed by atoms with Crippen LogP contribution in [-0.4, -0.2) is 62.4 Å². The summed E-state index contributed by atoms with van der Waals surface area (Å²) < 4.78 is 10.3. The molecule has 1 N–H and O–H groups in total. The Morgan fingerprint density at radius 3 is 2.45 bits per heavy atom. The topological polar surface area (TPSA) is 50.8 Å². The van der Waals surface area contributed by atoms with E-state index in [-0.39, 0.29) is 12.0 Å². The van der Waals surface area contributed by atoms with Gasteiger partial charge in [-0.3, -0.25) is 9.69 Å². The van der Waals surface area contributed by atoms with Crippen LogP contribution in [0.5, 0.6) is 0 Å². The van der Waals surface area contributed by atoms with Crippen LogP contribution in [-0.2, 0) is 14.3 Å². The molecule has 0 heterocycles. The van der Waals surface area contributed by atoms with Crippen molar-refractivity contribution in [2.75, 3.05) is 40.0 Å². The van der Waals surface area contributed by atoms with Crippen molar-refractivity contribution in [3.63, 3.8) is 0 Å². The van der Waals surface area contributed by atoms with E-state index < -0.39 is 5.54 Å². The lowest BCUT2D eigenvalue weighted by atomic mass is 9.92. The number of esters is 1. The number of hydrogen-bond donors (Lipinski definition) is 1. The average molecular weight is 288 g/mol. The van der Waals surface area contributed by atoms with Gasteiger partial charge in [-0.2, -0.15) is 0 Å². The maximum absolute atomic E-state index is 12.0. The SMILES string of the molecule is CCNC(C)(CC(C)N(CC)CCOCC)C(=O)OC. The fourth-order valence-corrected chi connectivity index (χ4v) is 2.58. The fourth-order valence-electron chi connectivity index (χ4n) is 2.58. The molecule has 0 rings (SSSR count). The maximum atomic E-state index is 12.0. The Balaban J connectivity index is 4.62. The molecule has 0 fully saturated rings. The zero-order valence-electron chi connectivity index (χ0n) is 14.0. The van der Waals surface area contributed by atoms with Crippen molar-refractivity contribution < 1.29 is 14.3 Å². The molecule has 2 unspecified atom stereocenters. The van der Waals surface area contributed by atoms with Crippen molar-refractivity contribution in [1.82, 2.24) is 10.2 Å². The van der Waals surface area contributed by atoms with E-state index in [9.17, 15) is 4.79 Å². The standard InChI is InChI=1S/C15H32N2O3/c1-7-16-15(5,14(18)19-6)12-13(4)17(8-2)10-11-20-9-3/h13,16H,7-12H2,1-6H3. The Kier molecular flexibility index (Phi) is 9.80. The number of carbonyl (C=O) groups is 1. The van der Waals surface area contributed by atoms with Gasteiger partial charge < -0.3 is 14.8 Å². The summed E-state index contributed by atoms with van der Waals surface area (Å²) in [6.07, 6.45) is 0.716. The number of hydrogen-bond acceptors (Lipinski definition) is 5. The number of ether oxygens (including phenoxy) is 2. The van der Waals surface area contributed by atoms with E-state index >= 15 is 0 Å². The van der Waals surface area contributed by atoms with Crippen LogP contribution in [0.15, 0.2) is 0 Å². The third-order valence-electron chi connectivity index (χ3n) is 3.66. The highest BCUT2D eigenvalue weighted by molar-refractivity contribution is 5.80. The van der Waals surface area contributed by atoms with Gasteiger partial charge in [0.05, 0.1) is 13.7 Å². The van der Waals surface area contributed by atoms with E-state index in [0.717, 1.165) is 32.8 Å². The average Bonchev–Trinajstić information content (AvgIpc) is 2.42. The maximum Gasteiger partial charge on any atom is 0.325 e. The zero-order valence-corrected chi connectivity index (χ0v) is 14.0. The summed E-state index contributed by atoms with van der Waals surface area (Å²) in [5.74, 6) is -0.202. The largest absolute Gasteiger partial charge is 0.468 e. The van der Waals surface area contributed by atoms with Gasteiger partial charge in [0.25, 0.3) is 0 Å². The summed E-state index contributed by atoms with van der Waals surface area (Å²) in [4.78, 5) is 14.3. The van der Waals surface area contributed by atoms with Crippen molar-refractivity contribution >= 4 is 5.97 Å². The third kappa shape index (κ3) is 6.20. The number of rotatable bonds is 11. The molecule has 0 saturated carbocycles. The molecule has 2 atom stereocenters. The molecule has 5 heteroatoms. The molecule has 0 bridgehead atoms. The van der Waals surface area contributed by atoms with Crippen molar-refractivity contribution in [2.45, 2.75) is 52.6 Å². The van der Waals surface area contributed by atoms with Gasteiger partial charge in [0.15, 0.2) is 0 Å². The molecule has 0 aromatic rings. The molecule has 0 aliphatic carbocycles. The molecule has 0 aliphatic rings. The van der Waals surface area contributed by atoms with E-state index in [1.807, 2.05) is 20.8 Å². The molecule has 0 amide bonds. The predicted octanol–water partition coefficient (Wildman–Crippen LogP) is 1.66. The highest BCUT2D eigenvalue weighted by Gasteiger charge is 2.36. The first-order chi connectivity index (χ1) is 9.45. The predicted molar refractivity (Wildman–Crippen MR) is 81.9 cm³/mol. The van der Waals surface area contributed by atoms with Crippen LogP contribution in [0.2, 0.25) is 0 Å². The molecule has 5 nitrogen and oxygen atoms in total. The quantitative estimate of drug-likeness (QED) is 0.463. The van der Waals surface area contributed by atoms with Crippen LogP contribution in [0.3, 0.4) is 0 Å². The number of likely N-dealkylation sites (N-methyl/N-ethyl adjacent to an activating group) is 2. The van der Waals surface area contributed by atoms with Crippen molar-refractivity contribution in [3.8, 4) is 0 Å². The van der Waals surface area contributed by atoms with Crippen LogP contribution < -0.4 is 5.32 Å². The van der Waals surface area contributed by atoms with Crippen LogP contribution in [0, 0.1) is 0 Å². The summed E-state index contributed by atoms with van der Waals surface area (Å²) in [6, 6.07) is 0.281. The third-order valence-corrected chi connectivity index (χ3v) is 3.66. The Morgan fingerprint density at radius 1 is 1.35 bits per heavy atom. The fraction of sp³-hybridized carbons (Fsp3) is 0.933. The van der Waals surface area contributed by atoms with E-state index in [2.05, 4.69) is 24.1 Å². The lowest BCUT2D eigenvalue weighted by Gasteiger charge is -2.35. The Hall–Kier alpha value is -0.650. The second-order valence-electron chi connectivity index (χ2n) is 5.23. The van der Waals surface area contributed by atoms with Crippen LogP contribution in [0.25, 0.3) is 0 Å². The van der Waals surface area contributed by atoms with Crippen LogP contribution in [0.4, 0.5) is 0 Å².